The van der Waals surface area contributed by atoms with Gasteiger partial charge in [-0.3, -0.25) is 0 Å². The maximum atomic E-state index is 5.51. The molecule has 0 fully saturated rings. The average molecular weight is 285 g/mol. The molecule has 0 amide bonds. The van der Waals surface area contributed by atoms with Crippen LogP contribution in [0.2, 0.25) is 0 Å². The van der Waals surface area contributed by atoms with Gasteiger partial charge in [-0.15, -0.1) is 0 Å². The highest BCUT2D eigenvalue weighted by Crippen LogP contribution is 2.35. The molecule has 0 heterocycles. The summed E-state index contributed by atoms with van der Waals surface area (Å²) in [5.74, 6) is 1.57. The van der Waals surface area contributed by atoms with Crippen molar-refractivity contribution >= 4 is 10.8 Å². The van der Waals surface area contributed by atoms with E-state index in [9.17, 15) is 0 Å². The van der Waals surface area contributed by atoms with Gasteiger partial charge >= 0.3 is 0 Å². The highest BCUT2D eigenvalue weighted by atomic mass is 16.5. The van der Waals surface area contributed by atoms with Gasteiger partial charge in [-0.2, -0.15) is 0 Å². The molecule has 0 spiro atoms. The van der Waals surface area contributed by atoms with Crippen LogP contribution in [0, 0.1) is 5.92 Å². The summed E-state index contributed by atoms with van der Waals surface area (Å²) in [6.45, 7) is 7.76. The number of methoxy groups -OCH3 is 1. The highest BCUT2D eigenvalue weighted by molar-refractivity contribution is 5.91. The Morgan fingerprint density at radius 2 is 1.76 bits per heavy atom. The summed E-state index contributed by atoms with van der Waals surface area (Å²) in [4.78, 5) is 0. The second kappa shape index (κ2) is 7.46. The van der Waals surface area contributed by atoms with Gasteiger partial charge in [-0.05, 0) is 35.9 Å². The molecule has 2 aromatic carbocycles. The molecule has 0 saturated heterocycles. The second-order valence-corrected chi connectivity index (χ2v) is 5.70. The number of hydrogen-bond donors (Lipinski definition) is 1. The first-order valence-corrected chi connectivity index (χ1v) is 8.01. The molecule has 2 nitrogen and oxygen atoms in total. The van der Waals surface area contributed by atoms with Crippen LogP contribution < -0.4 is 10.1 Å². The van der Waals surface area contributed by atoms with E-state index >= 15 is 0 Å². The van der Waals surface area contributed by atoms with Crippen molar-refractivity contribution in [2.75, 3.05) is 13.7 Å². The van der Waals surface area contributed by atoms with Gasteiger partial charge in [-0.1, -0.05) is 57.5 Å². The van der Waals surface area contributed by atoms with Crippen molar-refractivity contribution in [3.63, 3.8) is 0 Å². The monoisotopic (exact) mass is 285 g/mol. The third kappa shape index (κ3) is 3.38. The molecular formula is C19H27NO. The maximum Gasteiger partial charge on any atom is 0.126 e. The SMILES string of the molecule is CCCC(C)C(NCC)c1ccc(OC)c2ccccc12. The van der Waals surface area contributed by atoms with Crippen molar-refractivity contribution in [2.45, 2.75) is 39.7 Å². The first-order chi connectivity index (χ1) is 10.2. The first-order valence-electron chi connectivity index (χ1n) is 8.01. The van der Waals surface area contributed by atoms with E-state index in [1.807, 2.05) is 0 Å². The van der Waals surface area contributed by atoms with E-state index in [1.54, 1.807) is 7.11 Å². The lowest BCUT2D eigenvalue weighted by atomic mass is 9.88. The minimum atomic E-state index is 0.394. The van der Waals surface area contributed by atoms with Crippen molar-refractivity contribution in [1.29, 1.82) is 0 Å². The predicted molar refractivity (Wildman–Crippen MR) is 91.0 cm³/mol. The fraction of sp³-hybridized carbons (Fsp3) is 0.474. The lowest BCUT2D eigenvalue weighted by Gasteiger charge is -2.27. The quantitative estimate of drug-likeness (QED) is 0.778. The van der Waals surface area contributed by atoms with Crippen LogP contribution in [0.15, 0.2) is 36.4 Å². The molecule has 21 heavy (non-hydrogen) atoms. The highest BCUT2D eigenvalue weighted by Gasteiger charge is 2.20. The summed E-state index contributed by atoms with van der Waals surface area (Å²) in [6.07, 6.45) is 2.45. The zero-order valence-electron chi connectivity index (χ0n) is 13.6. The molecule has 2 atom stereocenters. The Bertz CT molecular complexity index is 579. The van der Waals surface area contributed by atoms with Gasteiger partial charge in [0.1, 0.15) is 5.75 Å². The second-order valence-electron chi connectivity index (χ2n) is 5.70. The zero-order chi connectivity index (χ0) is 15.2. The van der Waals surface area contributed by atoms with Gasteiger partial charge in [0, 0.05) is 11.4 Å². The van der Waals surface area contributed by atoms with E-state index in [-0.39, 0.29) is 0 Å². The summed E-state index contributed by atoms with van der Waals surface area (Å²) >= 11 is 0. The van der Waals surface area contributed by atoms with Crippen molar-refractivity contribution in [3.05, 3.63) is 42.0 Å². The molecule has 0 aliphatic heterocycles. The predicted octanol–water partition coefficient (Wildman–Crippen LogP) is 4.94. The maximum absolute atomic E-state index is 5.51. The van der Waals surface area contributed by atoms with E-state index < -0.39 is 0 Å². The lowest BCUT2D eigenvalue weighted by molar-refractivity contribution is 0.370. The minimum absolute atomic E-state index is 0.394. The smallest absolute Gasteiger partial charge is 0.126 e. The van der Waals surface area contributed by atoms with Gasteiger partial charge in [0.05, 0.1) is 7.11 Å². The molecular weight excluding hydrogens is 258 g/mol. The Labute approximate surface area is 128 Å². The number of fused-ring (bicyclic) bond motifs is 1. The number of benzene rings is 2. The number of nitrogens with one attached hydrogen (secondary N) is 1. The molecule has 0 radical (unpaired) electrons. The summed E-state index contributed by atoms with van der Waals surface area (Å²) in [5, 5.41) is 6.17. The Kier molecular flexibility index (Phi) is 5.63. The summed E-state index contributed by atoms with van der Waals surface area (Å²) in [5.41, 5.74) is 1.38. The number of hydrogen-bond acceptors (Lipinski definition) is 2. The fourth-order valence-corrected chi connectivity index (χ4v) is 3.20. The van der Waals surface area contributed by atoms with E-state index in [0.29, 0.717) is 12.0 Å². The van der Waals surface area contributed by atoms with Gasteiger partial charge in [-0.25, -0.2) is 0 Å². The van der Waals surface area contributed by atoms with Crippen molar-refractivity contribution in [2.24, 2.45) is 5.92 Å². The van der Waals surface area contributed by atoms with E-state index in [4.69, 9.17) is 4.74 Å². The van der Waals surface area contributed by atoms with Crippen LogP contribution in [0.1, 0.15) is 45.2 Å². The van der Waals surface area contributed by atoms with Crippen LogP contribution in [-0.4, -0.2) is 13.7 Å². The third-order valence-corrected chi connectivity index (χ3v) is 4.21. The summed E-state index contributed by atoms with van der Waals surface area (Å²) in [7, 11) is 1.74. The molecule has 114 valence electrons. The van der Waals surface area contributed by atoms with Crippen LogP contribution in [0.5, 0.6) is 5.75 Å². The van der Waals surface area contributed by atoms with Crippen molar-refractivity contribution in [3.8, 4) is 5.75 Å². The lowest BCUT2D eigenvalue weighted by Crippen LogP contribution is -2.27. The average Bonchev–Trinajstić information content (AvgIpc) is 2.52. The van der Waals surface area contributed by atoms with E-state index in [2.05, 4.69) is 62.5 Å². The molecule has 1 N–H and O–H groups in total. The van der Waals surface area contributed by atoms with Crippen LogP contribution in [0.3, 0.4) is 0 Å². The molecule has 0 bridgehead atoms. The topological polar surface area (TPSA) is 21.3 Å². The zero-order valence-corrected chi connectivity index (χ0v) is 13.6. The molecule has 0 aliphatic rings. The molecule has 0 aromatic heterocycles. The Hall–Kier alpha value is -1.54. The normalized spacial score (nSPS) is 14.1. The van der Waals surface area contributed by atoms with Gasteiger partial charge in [0.25, 0.3) is 0 Å². The van der Waals surface area contributed by atoms with Crippen LogP contribution in [-0.2, 0) is 0 Å². The Morgan fingerprint density at radius 3 is 2.38 bits per heavy atom. The molecule has 0 aliphatic carbocycles. The fourth-order valence-electron chi connectivity index (χ4n) is 3.20. The Balaban J connectivity index is 2.52. The summed E-state index contributed by atoms with van der Waals surface area (Å²) in [6, 6.07) is 13.2. The van der Waals surface area contributed by atoms with Crippen LogP contribution >= 0.6 is 0 Å². The standard InChI is InChI=1S/C19H27NO/c1-5-9-14(3)19(20-6-2)17-12-13-18(21-4)16-11-8-7-10-15(16)17/h7-8,10-14,19-20H,5-6,9H2,1-4H3. The summed E-state index contributed by atoms with van der Waals surface area (Å²) < 4.78 is 5.51. The van der Waals surface area contributed by atoms with Crippen LogP contribution in [0.4, 0.5) is 0 Å². The largest absolute Gasteiger partial charge is 0.496 e. The minimum Gasteiger partial charge on any atom is -0.496 e. The van der Waals surface area contributed by atoms with Gasteiger partial charge in [0.15, 0.2) is 0 Å². The first kappa shape index (κ1) is 15.8. The molecule has 0 saturated carbocycles. The third-order valence-electron chi connectivity index (χ3n) is 4.21. The van der Waals surface area contributed by atoms with Crippen LogP contribution in [0.25, 0.3) is 10.8 Å². The number of ether oxygens (including phenoxy) is 1. The molecule has 2 heteroatoms. The molecule has 2 aromatic rings. The van der Waals surface area contributed by atoms with E-state index in [1.165, 1.54) is 29.2 Å². The Morgan fingerprint density at radius 1 is 1.05 bits per heavy atom. The molecule has 2 unspecified atom stereocenters. The van der Waals surface area contributed by atoms with Crippen molar-refractivity contribution < 1.29 is 4.74 Å². The molecule has 2 rings (SSSR count). The van der Waals surface area contributed by atoms with Gasteiger partial charge < -0.3 is 10.1 Å². The van der Waals surface area contributed by atoms with Gasteiger partial charge in [0.2, 0.25) is 0 Å². The van der Waals surface area contributed by atoms with E-state index in [0.717, 1.165) is 12.3 Å². The number of rotatable bonds is 7. The van der Waals surface area contributed by atoms with Crippen molar-refractivity contribution in [1.82, 2.24) is 5.32 Å².